The minimum atomic E-state index is 0.239. The van der Waals surface area contributed by atoms with Gasteiger partial charge in [0.25, 0.3) is 0 Å². The van der Waals surface area contributed by atoms with Gasteiger partial charge in [0.2, 0.25) is 0 Å². The summed E-state index contributed by atoms with van der Waals surface area (Å²) >= 11 is 0. The molecule has 0 aliphatic carbocycles. The number of piperazine rings is 1. The minimum absolute atomic E-state index is 0.239. The highest BCUT2D eigenvalue weighted by atomic mass is 16.1. The van der Waals surface area contributed by atoms with E-state index in [2.05, 4.69) is 16.7 Å². The molecule has 1 aliphatic heterocycles. The Bertz CT molecular complexity index is 383. The van der Waals surface area contributed by atoms with Crippen LogP contribution < -0.4 is 0 Å². The standard InChI is InChI=1S/C16H24N2O/c1-2-3-9-17-10-12-18(13-11-17)14-16(19)15-7-5-4-6-8-15/h4-8H,2-3,9-14H2,1H3. The van der Waals surface area contributed by atoms with Crippen LogP contribution in [0.15, 0.2) is 30.3 Å². The molecule has 0 atom stereocenters. The molecule has 1 aromatic carbocycles. The molecule has 0 unspecified atom stereocenters. The summed E-state index contributed by atoms with van der Waals surface area (Å²) in [6.07, 6.45) is 2.54. The normalized spacial score (nSPS) is 17.5. The molecule has 3 heteroatoms. The average molecular weight is 260 g/mol. The van der Waals surface area contributed by atoms with Gasteiger partial charge in [0.05, 0.1) is 6.54 Å². The molecule has 1 heterocycles. The van der Waals surface area contributed by atoms with Crippen LogP contribution in [0.1, 0.15) is 30.1 Å². The monoisotopic (exact) mass is 260 g/mol. The van der Waals surface area contributed by atoms with Crippen molar-refractivity contribution >= 4 is 5.78 Å². The summed E-state index contributed by atoms with van der Waals surface area (Å²) in [6.45, 7) is 8.23. The van der Waals surface area contributed by atoms with E-state index in [-0.39, 0.29) is 5.78 Å². The molecule has 0 amide bonds. The zero-order chi connectivity index (χ0) is 13.5. The molecule has 0 N–H and O–H groups in total. The molecule has 1 fully saturated rings. The molecular weight excluding hydrogens is 236 g/mol. The Morgan fingerprint density at radius 3 is 2.32 bits per heavy atom. The summed E-state index contributed by atoms with van der Waals surface area (Å²) in [6, 6.07) is 9.61. The van der Waals surface area contributed by atoms with E-state index >= 15 is 0 Å². The van der Waals surface area contributed by atoms with Crippen LogP contribution in [0.3, 0.4) is 0 Å². The lowest BCUT2D eigenvalue weighted by Gasteiger charge is -2.34. The van der Waals surface area contributed by atoms with Crippen molar-refractivity contribution in [2.24, 2.45) is 0 Å². The highest BCUT2D eigenvalue weighted by Crippen LogP contribution is 2.06. The zero-order valence-electron chi connectivity index (χ0n) is 11.8. The molecule has 2 rings (SSSR count). The second-order valence-electron chi connectivity index (χ2n) is 5.26. The molecule has 1 aromatic rings. The topological polar surface area (TPSA) is 23.6 Å². The summed E-state index contributed by atoms with van der Waals surface area (Å²) in [5.74, 6) is 0.239. The van der Waals surface area contributed by atoms with Crippen LogP contribution in [0.25, 0.3) is 0 Å². The highest BCUT2D eigenvalue weighted by Gasteiger charge is 2.18. The van der Waals surface area contributed by atoms with Gasteiger partial charge in [-0.25, -0.2) is 0 Å². The Labute approximate surface area is 116 Å². The zero-order valence-corrected chi connectivity index (χ0v) is 11.8. The van der Waals surface area contributed by atoms with E-state index in [9.17, 15) is 4.79 Å². The molecule has 1 saturated heterocycles. The molecule has 3 nitrogen and oxygen atoms in total. The third kappa shape index (κ3) is 4.44. The van der Waals surface area contributed by atoms with Crippen molar-refractivity contribution in [1.29, 1.82) is 0 Å². The summed E-state index contributed by atoms with van der Waals surface area (Å²) in [7, 11) is 0. The van der Waals surface area contributed by atoms with Crippen LogP contribution in [-0.2, 0) is 0 Å². The first-order valence-corrected chi connectivity index (χ1v) is 7.32. The Balaban J connectivity index is 1.75. The van der Waals surface area contributed by atoms with Gasteiger partial charge in [-0.3, -0.25) is 9.69 Å². The number of Topliss-reactive ketones (excluding diaryl/α,β-unsaturated/α-hetero) is 1. The van der Waals surface area contributed by atoms with Gasteiger partial charge in [0.1, 0.15) is 0 Å². The number of hydrogen-bond donors (Lipinski definition) is 0. The first-order valence-electron chi connectivity index (χ1n) is 7.32. The van der Waals surface area contributed by atoms with E-state index in [1.54, 1.807) is 0 Å². The number of carbonyl (C=O) groups is 1. The molecule has 0 saturated carbocycles. The highest BCUT2D eigenvalue weighted by molar-refractivity contribution is 5.97. The fraction of sp³-hybridized carbons (Fsp3) is 0.562. The molecule has 0 aromatic heterocycles. The van der Waals surface area contributed by atoms with Crippen LogP contribution in [0.4, 0.5) is 0 Å². The van der Waals surface area contributed by atoms with Crippen molar-refractivity contribution in [2.45, 2.75) is 19.8 Å². The van der Waals surface area contributed by atoms with E-state index < -0.39 is 0 Å². The van der Waals surface area contributed by atoms with Gasteiger partial charge in [-0.1, -0.05) is 43.7 Å². The summed E-state index contributed by atoms with van der Waals surface area (Å²) in [5.41, 5.74) is 0.830. The van der Waals surface area contributed by atoms with E-state index in [1.165, 1.54) is 19.4 Å². The Morgan fingerprint density at radius 1 is 1.05 bits per heavy atom. The van der Waals surface area contributed by atoms with Crippen LogP contribution in [-0.4, -0.2) is 54.9 Å². The van der Waals surface area contributed by atoms with Gasteiger partial charge >= 0.3 is 0 Å². The number of ketones is 1. The third-order valence-corrected chi connectivity index (χ3v) is 3.76. The third-order valence-electron chi connectivity index (χ3n) is 3.76. The molecule has 0 radical (unpaired) electrons. The first kappa shape index (κ1) is 14.2. The molecule has 19 heavy (non-hydrogen) atoms. The van der Waals surface area contributed by atoms with Gasteiger partial charge in [-0.15, -0.1) is 0 Å². The van der Waals surface area contributed by atoms with Crippen LogP contribution in [0.2, 0.25) is 0 Å². The lowest BCUT2D eigenvalue weighted by molar-refractivity contribution is 0.0851. The van der Waals surface area contributed by atoms with E-state index in [0.717, 1.165) is 31.7 Å². The SMILES string of the molecule is CCCCN1CCN(CC(=O)c2ccccc2)CC1. The predicted octanol–water partition coefficient (Wildman–Crippen LogP) is 2.29. The van der Waals surface area contributed by atoms with Crippen molar-refractivity contribution in [3.05, 3.63) is 35.9 Å². The van der Waals surface area contributed by atoms with Crippen molar-refractivity contribution in [3.8, 4) is 0 Å². The van der Waals surface area contributed by atoms with Gasteiger partial charge in [-0.05, 0) is 13.0 Å². The van der Waals surface area contributed by atoms with Crippen molar-refractivity contribution in [1.82, 2.24) is 9.80 Å². The van der Waals surface area contributed by atoms with Gasteiger partial charge < -0.3 is 4.90 Å². The minimum Gasteiger partial charge on any atom is -0.301 e. The molecule has 1 aliphatic rings. The van der Waals surface area contributed by atoms with Crippen molar-refractivity contribution in [3.63, 3.8) is 0 Å². The van der Waals surface area contributed by atoms with E-state index in [1.807, 2.05) is 30.3 Å². The van der Waals surface area contributed by atoms with Crippen LogP contribution >= 0.6 is 0 Å². The Hall–Kier alpha value is -1.19. The maximum Gasteiger partial charge on any atom is 0.176 e. The maximum atomic E-state index is 12.1. The lowest BCUT2D eigenvalue weighted by Crippen LogP contribution is -2.48. The molecule has 0 spiro atoms. The second kappa shape index (κ2) is 7.41. The number of hydrogen-bond acceptors (Lipinski definition) is 3. The number of benzene rings is 1. The lowest BCUT2D eigenvalue weighted by atomic mass is 10.1. The van der Waals surface area contributed by atoms with Crippen LogP contribution in [0, 0.1) is 0 Å². The fourth-order valence-electron chi connectivity index (χ4n) is 2.47. The summed E-state index contributed by atoms with van der Waals surface area (Å²) < 4.78 is 0. The predicted molar refractivity (Wildman–Crippen MR) is 78.6 cm³/mol. The summed E-state index contributed by atoms with van der Waals surface area (Å²) in [4.78, 5) is 16.9. The first-order chi connectivity index (χ1) is 9.29. The number of unbranched alkanes of at least 4 members (excludes halogenated alkanes) is 1. The maximum absolute atomic E-state index is 12.1. The molecular formula is C16H24N2O. The van der Waals surface area contributed by atoms with E-state index in [4.69, 9.17) is 0 Å². The van der Waals surface area contributed by atoms with Crippen LogP contribution in [0.5, 0.6) is 0 Å². The Kier molecular flexibility index (Phi) is 5.55. The number of carbonyl (C=O) groups excluding carboxylic acids is 1. The number of rotatable bonds is 6. The Morgan fingerprint density at radius 2 is 1.68 bits per heavy atom. The largest absolute Gasteiger partial charge is 0.301 e. The van der Waals surface area contributed by atoms with Crippen molar-refractivity contribution in [2.75, 3.05) is 39.3 Å². The average Bonchev–Trinajstić information content (AvgIpc) is 2.47. The molecule has 0 bridgehead atoms. The summed E-state index contributed by atoms with van der Waals surface area (Å²) in [5, 5.41) is 0. The quantitative estimate of drug-likeness (QED) is 0.733. The fourth-order valence-corrected chi connectivity index (χ4v) is 2.47. The number of nitrogens with zero attached hydrogens (tertiary/aromatic N) is 2. The van der Waals surface area contributed by atoms with Gasteiger partial charge in [0.15, 0.2) is 5.78 Å². The van der Waals surface area contributed by atoms with Gasteiger partial charge in [0, 0.05) is 31.7 Å². The second-order valence-corrected chi connectivity index (χ2v) is 5.26. The van der Waals surface area contributed by atoms with Crippen molar-refractivity contribution < 1.29 is 4.79 Å². The van der Waals surface area contributed by atoms with E-state index in [0.29, 0.717) is 6.54 Å². The van der Waals surface area contributed by atoms with Gasteiger partial charge in [-0.2, -0.15) is 0 Å². The molecule has 104 valence electrons. The smallest absolute Gasteiger partial charge is 0.176 e.